The standard InChI is InChI=1S/C18H14F3NO2/c19-18(20,21)14-6-3-7-15-16(14)24-9-8-22(15)17(23)13-10-11-4-1-2-5-12(11)13/h1-7,13H,8-10H2. The second-order valence-corrected chi connectivity index (χ2v) is 5.95. The Balaban J connectivity index is 1.70. The summed E-state index contributed by atoms with van der Waals surface area (Å²) in [5.74, 6) is -0.712. The molecule has 2 aliphatic rings. The molecule has 0 N–H and O–H groups in total. The van der Waals surface area contributed by atoms with Gasteiger partial charge < -0.3 is 9.64 Å². The van der Waals surface area contributed by atoms with Gasteiger partial charge in [0.05, 0.1) is 23.7 Å². The van der Waals surface area contributed by atoms with Gasteiger partial charge in [-0.25, -0.2) is 0 Å². The van der Waals surface area contributed by atoms with Crippen molar-refractivity contribution in [2.75, 3.05) is 18.1 Å². The Morgan fingerprint density at radius 2 is 1.92 bits per heavy atom. The second kappa shape index (κ2) is 5.26. The van der Waals surface area contributed by atoms with E-state index in [-0.39, 0.29) is 36.4 Å². The third-order valence-electron chi connectivity index (χ3n) is 4.57. The van der Waals surface area contributed by atoms with Gasteiger partial charge in [0.1, 0.15) is 6.61 Å². The van der Waals surface area contributed by atoms with E-state index in [0.717, 1.165) is 17.2 Å². The summed E-state index contributed by atoms with van der Waals surface area (Å²) in [6, 6.07) is 11.4. The Morgan fingerprint density at radius 3 is 2.67 bits per heavy atom. The minimum Gasteiger partial charge on any atom is -0.489 e. The zero-order valence-electron chi connectivity index (χ0n) is 12.6. The van der Waals surface area contributed by atoms with Crippen LogP contribution >= 0.6 is 0 Å². The molecule has 0 aromatic heterocycles. The fraction of sp³-hybridized carbons (Fsp3) is 0.278. The average molecular weight is 333 g/mol. The summed E-state index contributed by atoms with van der Waals surface area (Å²) < 4.78 is 44.7. The van der Waals surface area contributed by atoms with E-state index >= 15 is 0 Å². The first kappa shape index (κ1) is 15.1. The van der Waals surface area contributed by atoms with Crippen LogP contribution in [0.5, 0.6) is 5.75 Å². The summed E-state index contributed by atoms with van der Waals surface area (Å²) >= 11 is 0. The molecule has 24 heavy (non-hydrogen) atoms. The lowest BCUT2D eigenvalue weighted by atomic mass is 9.76. The summed E-state index contributed by atoms with van der Waals surface area (Å²) in [6.45, 7) is 0.312. The first-order valence-electron chi connectivity index (χ1n) is 7.69. The van der Waals surface area contributed by atoms with E-state index in [1.54, 1.807) is 0 Å². The topological polar surface area (TPSA) is 29.5 Å². The van der Waals surface area contributed by atoms with Crippen molar-refractivity contribution in [3.63, 3.8) is 0 Å². The maximum atomic E-state index is 13.2. The quantitative estimate of drug-likeness (QED) is 0.795. The van der Waals surface area contributed by atoms with E-state index in [1.165, 1.54) is 17.0 Å². The van der Waals surface area contributed by atoms with Gasteiger partial charge in [-0.3, -0.25) is 4.79 Å². The molecule has 0 radical (unpaired) electrons. The number of hydrogen-bond donors (Lipinski definition) is 0. The average Bonchev–Trinajstić information content (AvgIpc) is 2.54. The Hall–Kier alpha value is -2.50. The van der Waals surface area contributed by atoms with Crippen LogP contribution in [0, 0.1) is 0 Å². The molecule has 0 spiro atoms. The summed E-state index contributed by atoms with van der Waals surface area (Å²) in [7, 11) is 0. The fourth-order valence-corrected chi connectivity index (χ4v) is 3.37. The largest absolute Gasteiger partial charge is 0.489 e. The molecule has 2 aromatic rings. The predicted octanol–water partition coefficient (Wildman–Crippen LogP) is 3.77. The van der Waals surface area contributed by atoms with Crippen molar-refractivity contribution in [1.82, 2.24) is 0 Å². The van der Waals surface area contributed by atoms with Crippen LogP contribution in [-0.4, -0.2) is 19.1 Å². The molecule has 0 saturated heterocycles. The molecule has 6 heteroatoms. The zero-order valence-corrected chi connectivity index (χ0v) is 12.6. The van der Waals surface area contributed by atoms with Gasteiger partial charge in [-0.1, -0.05) is 30.3 Å². The van der Waals surface area contributed by atoms with Crippen molar-refractivity contribution in [3.8, 4) is 5.75 Å². The molecule has 124 valence electrons. The first-order chi connectivity index (χ1) is 11.5. The zero-order chi connectivity index (χ0) is 16.9. The van der Waals surface area contributed by atoms with Crippen LogP contribution in [0.1, 0.15) is 22.6 Å². The highest BCUT2D eigenvalue weighted by atomic mass is 19.4. The summed E-state index contributed by atoms with van der Waals surface area (Å²) in [5, 5.41) is 0. The van der Waals surface area contributed by atoms with Gasteiger partial charge in [-0.15, -0.1) is 0 Å². The number of rotatable bonds is 1. The molecule has 1 unspecified atom stereocenters. The second-order valence-electron chi connectivity index (χ2n) is 5.95. The van der Waals surface area contributed by atoms with Gasteiger partial charge >= 0.3 is 6.18 Å². The minimum absolute atomic E-state index is 0.0558. The third kappa shape index (κ3) is 2.25. The van der Waals surface area contributed by atoms with Crippen molar-refractivity contribution in [2.45, 2.75) is 18.5 Å². The molecule has 1 aliphatic heterocycles. The number of para-hydroxylation sites is 1. The maximum absolute atomic E-state index is 13.2. The first-order valence-corrected chi connectivity index (χ1v) is 7.69. The molecule has 0 bridgehead atoms. The smallest absolute Gasteiger partial charge is 0.420 e. The van der Waals surface area contributed by atoms with Crippen LogP contribution in [-0.2, 0) is 17.4 Å². The van der Waals surface area contributed by atoms with Crippen LogP contribution in [0.4, 0.5) is 18.9 Å². The molecule has 1 aliphatic carbocycles. The van der Waals surface area contributed by atoms with E-state index in [0.29, 0.717) is 6.42 Å². The molecule has 2 aromatic carbocycles. The molecule has 3 nitrogen and oxygen atoms in total. The number of ether oxygens (including phenoxy) is 1. The highest BCUT2D eigenvalue weighted by Gasteiger charge is 2.41. The maximum Gasteiger partial charge on any atom is 0.420 e. The molecule has 1 amide bonds. The molecular formula is C18H14F3NO2. The van der Waals surface area contributed by atoms with Crippen LogP contribution in [0.25, 0.3) is 0 Å². The lowest BCUT2D eigenvalue weighted by Gasteiger charge is -2.37. The highest BCUT2D eigenvalue weighted by molar-refractivity contribution is 6.01. The molecule has 0 saturated carbocycles. The number of hydrogen-bond acceptors (Lipinski definition) is 2. The van der Waals surface area contributed by atoms with Crippen molar-refractivity contribution in [1.29, 1.82) is 0 Å². The number of nitrogens with zero attached hydrogens (tertiary/aromatic N) is 1. The van der Waals surface area contributed by atoms with Gasteiger partial charge in [0.2, 0.25) is 5.91 Å². The van der Waals surface area contributed by atoms with Crippen LogP contribution in [0.3, 0.4) is 0 Å². The number of fused-ring (bicyclic) bond motifs is 2. The van der Waals surface area contributed by atoms with E-state index in [9.17, 15) is 18.0 Å². The number of carbonyl (C=O) groups is 1. The van der Waals surface area contributed by atoms with Crippen molar-refractivity contribution in [2.24, 2.45) is 0 Å². The van der Waals surface area contributed by atoms with Crippen molar-refractivity contribution >= 4 is 11.6 Å². The lowest BCUT2D eigenvalue weighted by molar-refractivity contribution is -0.139. The monoisotopic (exact) mass is 333 g/mol. The Kier molecular flexibility index (Phi) is 3.30. The van der Waals surface area contributed by atoms with E-state index in [2.05, 4.69) is 0 Å². The normalized spacial score (nSPS) is 19.0. The van der Waals surface area contributed by atoms with Gasteiger partial charge in [0.25, 0.3) is 0 Å². The number of alkyl halides is 3. The van der Waals surface area contributed by atoms with Gasteiger partial charge in [-0.2, -0.15) is 13.2 Å². The van der Waals surface area contributed by atoms with E-state index in [1.807, 2.05) is 24.3 Å². The summed E-state index contributed by atoms with van der Waals surface area (Å²) in [6.07, 6.45) is -3.89. The lowest BCUT2D eigenvalue weighted by Crippen LogP contribution is -2.44. The van der Waals surface area contributed by atoms with Crippen LogP contribution in [0.2, 0.25) is 0 Å². The van der Waals surface area contributed by atoms with E-state index in [4.69, 9.17) is 4.74 Å². The van der Waals surface area contributed by atoms with Crippen LogP contribution < -0.4 is 9.64 Å². The number of anilines is 1. The van der Waals surface area contributed by atoms with Crippen molar-refractivity contribution in [3.05, 3.63) is 59.2 Å². The SMILES string of the molecule is O=C(C1Cc2ccccc21)N1CCOc2c1cccc2C(F)(F)F. The molecule has 1 heterocycles. The number of halogens is 3. The Bertz CT molecular complexity index is 816. The molecule has 4 rings (SSSR count). The summed E-state index contributed by atoms with van der Waals surface area (Å²) in [4.78, 5) is 14.3. The Labute approximate surface area is 136 Å². The predicted molar refractivity (Wildman–Crippen MR) is 82.2 cm³/mol. The molecule has 1 atom stereocenters. The summed E-state index contributed by atoms with van der Waals surface area (Å²) in [5.41, 5.74) is 1.44. The fourth-order valence-electron chi connectivity index (χ4n) is 3.37. The molecule has 0 fully saturated rings. The van der Waals surface area contributed by atoms with E-state index < -0.39 is 11.7 Å². The number of carbonyl (C=O) groups excluding carboxylic acids is 1. The molecular weight excluding hydrogens is 319 g/mol. The number of amides is 1. The van der Waals surface area contributed by atoms with Crippen LogP contribution in [0.15, 0.2) is 42.5 Å². The highest BCUT2D eigenvalue weighted by Crippen LogP contribution is 2.45. The minimum atomic E-state index is -4.51. The van der Waals surface area contributed by atoms with Gasteiger partial charge in [-0.05, 0) is 29.7 Å². The van der Waals surface area contributed by atoms with Gasteiger partial charge in [0, 0.05) is 0 Å². The Morgan fingerprint density at radius 1 is 1.12 bits per heavy atom. The van der Waals surface area contributed by atoms with Crippen molar-refractivity contribution < 1.29 is 22.7 Å². The number of benzene rings is 2. The van der Waals surface area contributed by atoms with Gasteiger partial charge in [0.15, 0.2) is 5.75 Å². The third-order valence-corrected chi connectivity index (χ3v) is 4.57.